The van der Waals surface area contributed by atoms with E-state index in [-0.39, 0.29) is 0 Å². The Morgan fingerprint density at radius 2 is 2.26 bits per heavy atom. The lowest BCUT2D eigenvalue weighted by atomic mass is 10.3. The molecule has 0 bridgehead atoms. The van der Waals surface area contributed by atoms with Crippen LogP contribution in [0.25, 0.3) is 10.3 Å². The van der Waals surface area contributed by atoms with E-state index in [0.29, 0.717) is 24.7 Å². The number of hydrogen-bond acceptors (Lipinski definition) is 8. The maximum absolute atomic E-state index is 5.28. The first kappa shape index (κ1) is 14.3. The average molecular weight is 346 g/mol. The van der Waals surface area contributed by atoms with Gasteiger partial charge in [0.25, 0.3) is 0 Å². The highest BCUT2D eigenvalue weighted by Gasteiger charge is 2.13. The van der Waals surface area contributed by atoms with Gasteiger partial charge in [0.2, 0.25) is 5.89 Å². The third-order valence-corrected chi connectivity index (χ3v) is 5.35. The lowest BCUT2D eigenvalue weighted by molar-refractivity contribution is 0.378. The molecule has 0 radical (unpaired) electrons. The Morgan fingerprint density at radius 3 is 3.04 bits per heavy atom. The molecule has 0 aliphatic rings. The SMILES string of the molecule is Cc1nn(C)c2nc(NCc3nc(Cc4cccs4)no3)sc12. The van der Waals surface area contributed by atoms with Crippen LogP contribution in [0.15, 0.2) is 22.0 Å². The maximum Gasteiger partial charge on any atom is 0.246 e. The Kier molecular flexibility index (Phi) is 3.58. The maximum atomic E-state index is 5.28. The average Bonchev–Trinajstić information content (AvgIpc) is 3.28. The van der Waals surface area contributed by atoms with Crippen LogP contribution in [0, 0.1) is 6.92 Å². The highest BCUT2D eigenvalue weighted by molar-refractivity contribution is 7.22. The van der Waals surface area contributed by atoms with Gasteiger partial charge >= 0.3 is 0 Å². The van der Waals surface area contributed by atoms with E-state index < -0.39 is 0 Å². The van der Waals surface area contributed by atoms with Crippen molar-refractivity contribution in [3.8, 4) is 0 Å². The quantitative estimate of drug-likeness (QED) is 0.598. The molecular formula is C14H14N6OS2. The number of rotatable bonds is 5. The molecule has 0 aliphatic heterocycles. The van der Waals surface area contributed by atoms with Gasteiger partial charge in [0.15, 0.2) is 16.6 Å². The predicted molar refractivity (Wildman–Crippen MR) is 89.9 cm³/mol. The number of thiophene rings is 1. The number of nitrogens with one attached hydrogen (secondary N) is 1. The molecule has 0 fully saturated rings. The summed E-state index contributed by atoms with van der Waals surface area (Å²) in [5.74, 6) is 1.26. The highest BCUT2D eigenvalue weighted by Crippen LogP contribution is 2.28. The second-order valence-corrected chi connectivity index (χ2v) is 7.13. The fraction of sp³-hybridized carbons (Fsp3) is 0.286. The van der Waals surface area contributed by atoms with Crippen LogP contribution in [0.1, 0.15) is 22.3 Å². The molecule has 7 nitrogen and oxygen atoms in total. The Hall–Kier alpha value is -2.26. The summed E-state index contributed by atoms with van der Waals surface area (Å²) >= 11 is 3.27. The van der Waals surface area contributed by atoms with Crippen molar-refractivity contribution < 1.29 is 4.52 Å². The van der Waals surface area contributed by atoms with Crippen LogP contribution in [-0.4, -0.2) is 24.9 Å². The number of nitrogens with zero attached hydrogens (tertiary/aromatic N) is 5. The first-order valence-corrected chi connectivity index (χ1v) is 8.76. The van der Waals surface area contributed by atoms with Crippen molar-refractivity contribution in [3.63, 3.8) is 0 Å². The molecule has 0 spiro atoms. The number of aromatic nitrogens is 5. The van der Waals surface area contributed by atoms with Gasteiger partial charge in [-0.2, -0.15) is 10.1 Å². The van der Waals surface area contributed by atoms with E-state index in [1.165, 1.54) is 4.88 Å². The van der Waals surface area contributed by atoms with Crippen LogP contribution >= 0.6 is 22.7 Å². The van der Waals surface area contributed by atoms with Gasteiger partial charge in [-0.1, -0.05) is 22.6 Å². The number of thiazole rings is 1. The summed E-state index contributed by atoms with van der Waals surface area (Å²) in [6.45, 7) is 2.45. The molecule has 0 atom stereocenters. The van der Waals surface area contributed by atoms with Gasteiger partial charge < -0.3 is 9.84 Å². The van der Waals surface area contributed by atoms with Crippen LogP contribution in [-0.2, 0) is 20.0 Å². The summed E-state index contributed by atoms with van der Waals surface area (Å²) in [5.41, 5.74) is 1.88. The van der Waals surface area contributed by atoms with E-state index in [4.69, 9.17) is 4.52 Å². The van der Waals surface area contributed by atoms with Crippen molar-refractivity contribution >= 4 is 38.2 Å². The normalized spacial score (nSPS) is 11.4. The molecule has 1 N–H and O–H groups in total. The van der Waals surface area contributed by atoms with E-state index in [1.807, 2.05) is 25.4 Å². The lowest BCUT2D eigenvalue weighted by Gasteiger charge is -1.96. The monoisotopic (exact) mass is 346 g/mol. The highest BCUT2D eigenvalue weighted by atomic mass is 32.1. The molecule has 0 saturated carbocycles. The van der Waals surface area contributed by atoms with Crippen molar-refractivity contribution in [2.75, 3.05) is 5.32 Å². The Balaban J connectivity index is 1.44. The Bertz CT molecular complexity index is 902. The van der Waals surface area contributed by atoms with Gasteiger partial charge in [0.05, 0.1) is 16.9 Å². The molecule has 23 heavy (non-hydrogen) atoms. The third-order valence-electron chi connectivity index (χ3n) is 3.36. The molecule has 118 valence electrons. The van der Waals surface area contributed by atoms with Crippen LogP contribution in [0.3, 0.4) is 0 Å². The Morgan fingerprint density at radius 1 is 1.35 bits per heavy atom. The molecule has 4 aromatic rings. The fourth-order valence-corrected chi connectivity index (χ4v) is 3.94. The molecule has 0 amide bonds. The third kappa shape index (κ3) is 2.84. The number of fused-ring (bicyclic) bond motifs is 1. The second-order valence-electron chi connectivity index (χ2n) is 5.09. The zero-order valence-electron chi connectivity index (χ0n) is 12.6. The van der Waals surface area contributed by atoms with E-state index in [1.54, 1.807) is 27.4 Å². The lowest BCUT2D eigenvalue weighted by Crippen LogP contribution is -2.00. The summed E-state index contributed by atoms with van der Waals surface area (Å²) in [6.07, 6.45) is 0.702. The smallest absolute Gasteiger partial charge is 0.246 e. The van der Waals surface area contributed by atoms with Crippen molar-refractivity contribution in [1.29, 1.82) is 0 Å². The summed E-state index contributed by atoms with van der Waals surface area (Å²) in [5, 5.41) is 14.5. The topological polar surface area (TPSA) is 81.7 Å². The van der Waals surface area contributed by atoms with Crippen molar-refractivity contribution in [1.82, 2.24) is 24.9 Å². The zero-order chi connectivity index (χ0) is 15.8. The van der Waals surface area contributed by atoms with Crippen molar-refractivity contribution in [2.45, 2.75) is 19.9 Å². The number of anilines is 1. The molecule has 4 aromatic heterocycles. The van der Waals surface area contributed by atoms with Gasteiger partial charge in [0, 0.05) is 18.3 Å². The van der Waals surface area contributed by atoms with Crippen LogP contribution in [0.4, 0.5) is 5.13 Å². The summed E-state index contributed by atoms with van der Waals surface area (Å²) in [7, 11) is 1.90. The van der Waals surface area contributed by atoms with Crippen molar-refractivity contribution in [3.05, 3.63) is 39.8 Å². The Labute approximate surface area is 140 Å². The van der Waals surface area contributed by atoms with Crippen LogP contribution in [0.5, 0.6) is 0 Å². The summed E-state index contributed by atoms with van der Waals surface area (Å²) in [4.78, 5) is 10.2. The minimum atomic E-state index is 0.462. The van der Waals surface area contributed by atoms with E-state index in [9.17, 15) is 0 Å². The first-order valence-electron chi connectivity index (χ1n) is 7.07. The van der Waals surface area contributed by atoms with Gasteiger partial charge in [0.1, 0.15) is 0 Å². The van der Waals surface area contributed by atoms with Gasteiger partial charge in [-0.3, -0.25) is 0 Å². The second kappa shape index (κ2) is 5.74. The molecular weight excluding hydrogens is 332 g/mol. The van der Waals surface area contributed by atoms with E-state index in [2.05, 4.69) is 31.6 Å². The molecule has 0 unspecified atom stereocenters. The van der Waals surface area contributed by atoms with Crippen molar-refractivity contribution in [2.24, 2.45) is 7.05 Å². The van der Waals surface area contributed by atoms with Gasteiger partial charge in [-0.05, 0) is 18.4 Å². The minimum Gasteiger partial charge on any atom is -0.352 e. The number of hydrogen-bond donors (Lipinski definition) is 1. The number of aryl methyl sites for hydroxylation is 2. The summed E-state index contributed by atoms with van der Waals surface area (Å²) < 4.78 is 8.16. The summed E-state index contributed by atoms with van der Waals surface area (Å²) in [6, 6.07) is 4.09. The molecule has 0 saturated heterocycles. The first-order chi connectivity index (χ1) is 11.2. The fourth-order valence-electron chi connectivity index (χ4n) is 2.31. The van der Waals surface area contributed by atoms with Crippen LogP contribution < -0.4 is 5.32 Å². The molecule has 0 aliphatic carbocycles. The molecule has 0 aromatic carbocycles. The van der Waals surface area contributed by atoms with Gasteiger partial charge in [-0.25, -0.2) is 9.67 Å². The predicted octanol–water partition coefficient (Wildman–Crippen LogP) is 2.99. The zero-order valence-corrected chi connectivity index (χ0v) is 14.2. The molecule has 4 rings (SSSR count). The molecule has 9 heteroatoms. The van der Waals surface area contributed by atoms with Gasteiger partial charge in [-0.15, -0.1) is 11.3 Å². The van der Waals surface area contributed by atoms with Crippen LogP contribution in [0.2, 0.25) is 0 Å². The molecule has 4 heterocycles. The van der Waals surface area contributed by atoms with E-state index >= 15 is 0 Å². The standard InChI is InChI=1S/C14H14N6OS2/c1-8-12-13(20(2)18-8)17-14(23-12)15-7-11-16-10(19-21-11)6-9-4-3-5-22-9/h3-5H,6-7H2,1-2H3,(H,15,17). The largest absolute Gasteiger partial charge is 0.352 e. The minimum absolute atomic E-state index is 0.462. The van der Waals surface area contributed by atoms with E-state index in [0.717, 1.165) is 21.2 Å².